The monoisotopic (exact) mass is 592 g/mol. The number of nitrogens with zero attached hydrogens (tertiary/aromatic N) is 3. The maximum atomic E-state index is 13.9. The summed E-state index contributed by atoms with van der Waals surface area (Å²) >= 11 is 0. The SMILES string of the molecule is NC(=O)c1cccc(S(=O)(=O)c2ccc(NC3CCN(C4COC4)CC3)c([N+](=O)[O-])c2)c1Oc1cnc2[nH]ccc2c1. The number of nitrogens with one attached hydrogen (secondary N) is 2. The molecule has 0 atom stereocenters. The molecule has 2 saturated heterocycles. The number of anilines is 1. The van der Waals surface area contributed by atoms with Crippen LogP contribution < -0.4 is 15.8 Å². The number of H-pyrrole nitrogens is 1. The molecular formula is C28H28N6O7S. The summed E-state index contributed by atoms with van der Waals surface area (Å²) in [5.41, 5.74) is 5.85. The van der Waals surface area contributed by atoms with Crippen molar-refractivity contribution in [1.29, 1.82) is 0 Å². The normalized spacial score (nSPS) is 16.7. The summed E-state index contributed by atoms with van der Waals surface area (Å²) in [7, 11) is -4.41. The molecule has 4 N–H and O–H groups in total. The number of nitrogens with two attached hydrogens (primary N) is 1. The van der Waals surface area contributed by atoms with Crippen LogP contribution in [0, 0.1) is 10.1 Å². The summed E-state index contributed by atoms with van der Waals surface area (Å²) in [4.78, 5) is 32.6. The van der Waals surface area contributed by atoms with Crippen molar-refractivity contribution < 1.29 is 27.6 Å². The number of likely N-dealkylation sites (tertiary alicyclic amines) is 1. The number of aromatic amines is 1. The van der Waals surface area contributed by atoms with Crippen molar-refractivity contribution >= 4 is 38.2 Å². The van der Waals surface area contributed by atoms with Crippen LogP contribution in [0.3, 0.4) is 0 Å². The summed E-state index contributed by atoms with van der Waals surface area (Å²) in [5.74, 6) is -1.03. The lowest BCUT2D eigenvalue weighted by atomic mass is 10.0. The Morgan fingerprint density at radius 1 is 1.17 bits per heavy atom. The highest BCUT2D eigenvalue weighted by atomic mass is 32.2. The van der Waals surface area contributed by atoms with Gasteiger partial charge in [-0.05, 0) is 49.2 Å². The number of piperidine rings is 1. The van der Waals surface area contributed by atoms with Crippen molar-refractivity contribution in [2.24, 2.45) is 5.73 Å². The number of pyridine rings is 1. The molecule has 6 rings (SSSR count). The third-order valence-electron chi connectivity index (χ3n) is 7.63. The Labute approximate surface area is 240 Å². The number of nitro benzene ring substituents is 1. The van der Waals surface area contributed by atoms with E-state index in [2.05, 4.69) is 20.2 Å². The molecule has 0 bridgehead atoms. The minimum absolute atomic E-state index is 0.00151. The molecule has 42 heavy (non-hydrogen) atoms. The Balaban J connectivity index is 1.31. The first-order valence-electron chi connectivity index (χ1n) is 13.4. The van der Waals surface area contributed by atoms with Crippen LogP contribution in [0.15, 0.2) is 70.7 Å². The number of primary amides is 1. The number of fused-ring (bicyclic) bond motifs is 1. The van der Waals surface area contributed by atoms with Crippen LogP contribution in [0.1, 0.15) is 23.2 Å². The van der Waals surface area contributed by atoms with Crippen molar-refractivity contribution in [3.63, 3.8) is 0 Å². The second-order valence-electron chi connectivity index (χ2n) is 10.3. The number of rotatable bonds is 9. The first-order valence-corrected chi connectivity index (χ1v) is 14.8. The topological polar surface area (TPSA) is 183 Å². The maximum Gasteiger partial charge on any atom is 0.293 e. The Bertz CT molecular complexity index is 1780. The number of benzene rings is 2. The zero-order valence-electron chi connectivity index (χ0n) is 22.4. The van der Waals surface area contributed by atoms with E-state index < -0.39 is 20.7 Å². The van der Waals surface area contributed by atoms with Crippen molar-refractivity contribution in [2.75, 3.05) is 31.6 Å². The van der Waals surface area contributed by atoms with Crippen molar-refractivity contribution in [3.05, 3.63) is 76.6 Å². The Morgan fingerprint density at radius 2 is 1.95 bits per heavy atom. The number of ether oxygens (including phenoxy) is 2. The standard InChI is InChI=1S/C28H28N6O7S/c29-27(35)22-2-1-3-25(26(22)41-20-12-17-6-9-30-28(17)31-14-20)42(38,39)21-4-5-23(24(13-21)34(36)37)32-18-7-10-33(11-8-18)19-15-40-16-19/h1-6,9,12-14,18-19,32H,7-8,10-11,15-16H2,(H2,29,35)(H,30,31). The largest absolute Gasteiger partial charge is 0.453 e. The molecule has 1 amide bonds. The number of aromatic nitrogens is 2. The molecule has 0 aliphatic carbocycles. The highest BCUT2D eigenvalue weighted by molar-refractivity contribution is 7.91. The minimum atomic E-state index is -4.41. The second-order valence-corrected chi connectivity index (χ2v) is 12.2. The second kappa shape index (κ2) is 11.0. The quantitative estimate of drug-likeness (QED) is 0.192. The van der Waals surface area contributed by atoms with Crippen LogP contribution in [0.4, 0.5) is 11.4 Å². The molecular weight excluding hydrogens is 564 g/mol. The Kier molecular flexibility index (Phi) is 7.26. The molecule has 0 unspecified atom stereocenters. The summed E-state index contributed by atoms with van der Waals surface area (Å²) in [6.45, 7) is 3.15. The molecule has 14 heteroatoms. The van der Waals surface area contributed by atoms with Crippen LogP contribution in [0.5, 0.6) is 11.5 Å². The third-order valence-corrected chi connectivity index (χ3v) is 9.41. The van der Waals surface area contributed by atoms with Crippen molar-refractivity contribution in [3.8, 4) is 11.5 Å². The average Bonchev–Trinajstić information content (AvgIpc) is 3.41. The summed E-state index contributed by atoms with van der Waals surface area (Å²) in [6.07, 6.45) is 4.64. The molecule has 2 aliphatic rings. The minimum Gasteiger partial charge on any atom is -0.453 e. The summed E-state index contributed by atoms with van der Waals surface area (Å²) in [6, 6.07) is 11.5. The average molecular weight is 593 g/mol. The molecule has 4 heterocycles. The number of nitro groups is 1. The highest BCUT2D eigenvalue weighted by Gasteiger charge is 2.32. The number of carbonyl (C=O) groups is 1. The van der Waals surface area contributed by atoms with E-state index in [0.29, 0.717) is 17.1 Å². The van der Waals surface area contributed by atoms with E-state index >= 15 is 0 Å². The Hall–Kier alpha value is -4.53. The van der Waals surface area contributed by atoms with Gasteiger partial charge in [0.05, 0.1) is 40.8 Å². The first-order chi connectivity index (χ1) is 20.2. The number of hydrogen-bond donors (Lipinski definition) is 3. The molecule has 218 valence electrons. The van der Waals surface area contributed by atoms with Gasteiger partial charge >= 0.3 is 0 Å². The number of amides is 1. The van der Waals surface area contributed by atoms with Gasteiger partial charge in [0.2, 0.25) is 9.84 Å². The smallest absolute Gasteiger partial charge is 0.293 e. The van der Waals surface area contributed by atoms with Gasteiger partial charge in [0.1, 0.15) is 22.0 Å². The lowest BCUT2D eigenvalue weighted by Gasteiger charge is -2.41. The lowest BCUT2D eigenvalue weighted by molar-refractivity contribution is -0.384. The van der Waals surface area contributed by atoms with Gasteiger partial charge in [-0.25, -0.2) is 13.4 Å². The molecule has 0 spiro atoms. The number of para-hydroxylation sites is 1. The van der Waals surface area contributed by atoms with Gasteiger partial charge < -0.3 is 25.5 Å². The van der Waals surface area contributed by atoms with Gasteiger partial charge in [0.15, 0.2) is 5.75 Å². The molecule has 2 aliphatic heterocycles. The maximum absolute atomic E-state index is 13.9. The van der Waals surface area contributed by atoms with Crippen LogP contribution in [-0.4, -0.2) is 72.5 Å². The van der Waals surface area contributed by atoms with E-state index in [0.717, 1.165) is 45.2 Å². The number of carbonyl (C=O) groups excluding carboxylic acids is 1. The van der Waals surface area contributed by atoms with Crippen LogP contribution in [0.2, 0.25) is 0 Å². The van der Waals surface area contributed by atoms with Crippen LogP contribution in [-0.2, 0) is 14.6 Å². The highest BCUT2D eigenvalue weighted by Crippen LogP contribution is 2.38. The zero-order chi connectivity index (χ0) is 29.4. The van der Waals surface area contributed by atoms with Gasteiger partial charge in [0, 0.05) is 36.8 Å². The first kappa shape index (κ1) is 27.6. The predicted octanol–water partition coefficient (Wildman–Crippen LogP) is 3.47. The van der Waals surface area contributed by atoms with Gasteiger partial charge in [0.25, 0.3) is 11.6 Å². The van der Waals surface area contributed by atoms with E-state index in [9.17, 15) is 23.3 Å². The van der Waals surface area contributed by atoms with E-state index in [1.165, 1.54) is 36.5 Å². The van der Waals surface area contributed by atoms with Crippen LogP contribution >= 0.6 is 0 Å². The van der Waals surface area contributed by atoms with E-state index in [-0.39, 0.29) is 44.3 Å². The van der Waals surface area contributed by atoms with Crippen LogP contribution in [0.25, 0.3) is 11.0 Å². The van der Waals surface area contributed by atoms with Gasteiger partial charge in [-0.15, -0.1) is 0 Å². The van der Waals surface area contributed by atoms with E-state index in [1.54, 1.807) is 18.3 Å². The number of hydrogen-bond acceptors (Lipinski definition) is 10. The molecule has 2 fully saturated rings. The zero-order valence-corrected chi connectivity index (χ0v) is 23.2. The van der Waals surface area contributed by atoms with Gasteiger partial charge in [-0.3, -0.25) is 19.8 Å². The molecule has 4 aromatic rings. The Morgan fingerprint density at radius 3 is 2.64 bits per heavy atom. The number of sulfone groups is 1. The lowest BCUT2D eigenvalue weighted by Crippen LogP contribution is -2.53. The van der Waals surface area contributed by atoms with Gasteiger partial charge in [-0.1, -0.05) is 6.07 Å². The van der Waals surface area contributed by atoms with E-state index in [1.807, 2.05) is 0 Å². The summed E-state index contributed by atoms with van der Waals surface area (Å²) < 4.78 is 39.0. The fourth-order valence-electron chi connectivity index (χ4n) is 5.26. The fraction of sp³-hybridized carbons (Fsp3) is 0.286. The molecule has 13 nitrogen and oxygen atoms in total. The van der Waals surface area contributed by atoms with E-state index in [4.69, 9.17) is 15.2 Å². The molecule has 2 aromatic carbocycles. The molecule has 0 saturated carbocycles. The van der Waals surface area contributed by atoms with Crippen molar-refractivity contribution in [1.82, 2.24) is 14.9 Å². The fourth-order valence-corrected chi connectivity index (χ4v) is 6.68. The van der Waals surface area contributed by atoms with Crippen molar-refractivity contribution in [2.45, 2.75) is 34.7 Å². The molecule has 0 radical (unpaired) electrons. The third kappa shape index (κ3) is 5.26. The summed E-state index contributed by atoms with van der Waals surface area (Å²) in [5, 5.41) is 16.0. The molecule has 2 aromatic heterocycles. The predicted molar refractivity (Wildman–Crippen MR) is 153 cm³/mol. The van der Waals surface area contributed by atoms with Gasteiger partial charge in [-0.2, -0.15) is 0 Å².